The van der Waals surface area contributed by atoms with Crippen molar-refractivity contribution >= 4 is 22.9 Å². The lowest BCUT2D eigenvalue weighted by molar-refractivity contribution is -0.142. The first-order chi connectivity index (χ1) is 13.4. The number of nitrogens with zero attached hydrogens (tertiary/aromatic N) is 5. The molecule has 4 rings (SSSR count). The van der Waals surface area contributed by atoms with E-state index in [0.717, 1.165) is 10.6 Å². The van der Waals surface area contributed by atoms with Crippen LogP contribution in [0.3, 0.4) is 0 Å². The number of likely N-dealkylation sites (tertiary alicyclic amines) is 1. The summed E-state index contributed by atoms with van der Waals surface area (Å²) in [6.45, 7) is 0.794. The summed E-state index contributed by atoms with van der Waals surface area (Å²) >= 11 is 1.31. The van der Waals surface area contributed by atoms with Crippen molar-refractivity contribution in [2.45, 2.75) is 24.9 Å². The van der Waals surface area contributed by atoms with Crippen LogP contribution in [0.4, 0.5) is 13.2 Å². The first-order valence-electron chi connectivity index (χ1n) is 8.53. The zero-order valence-corrected chi connectivity index (χ0v) is 15.3. The number of rotatable bonds is 3. The van der Waals surface area contributed by atoms with Crippen LogP contribution in [0.2, 0.25) is 0 Å². The standard InChI is InChI=1S/C18H14F3N5OS/c19-18(20,21)15-8-13(14-2-1-7-28-14)23-16-9-12(24-26(15)16)11-4-6-25(10-11)17(27)3-5-22/h1-2,7-9,11H,3-4,6,10H2/t11-/m1/s1. The van der Waals surface area contributed by atoms with Gasteiger partial charge in [-0.25, -0.2) is 9.50 Å². The SMILES string of the molecule is N#CCC(=O)N1CC[C@@H](c2cc3nc(-c4cccs4)cc(C(F)(F)F)n3n2)C1. The number of carbonyl (C=O) groups is 1. The van der Waals surface area contributed by atoms with E-state index in [0.29, 0.717) is 30.1 Å². The number of fused-ring (bicyclic) bond motifs is 1. The Hall–Kier alpha value is -2.93. The smallest absolute Gasteiger partial charge is 0.341 e. The summed E-state index contributed by atoms with van der Waals surface area (Å²) in [5.41, 5.74) is -0.0512. The van der Waals surface area contributed by atoms with Gasteiger partial charge in [-0.1, -0.05) is 6.07 Å². The van der Waals surface area contributed by atoms with Crippen LogP contribution >= 0.6 is 11.3 Å². The van der Waals surface area contributed by atoms with Gasteiger partial charge in [-0.05, 0) is 23.9 Å². The lowest BCUT2D eigenvalue weighted by Gasteiger charge is -2.13. The third-order valence-electron chi connectivity index (χ3n) is 4.70. The van der Waals surface area contributed by atoms with Crippen LogP contribution in [0.1, 0.15) is 30.1 Å². The Morgan fingerprint density at radius 3 is 2.89 bits per heavy atom. The van der Waals surface area contributed by atoms with E-state index in [1.54, 1.807) is 28.5 Å². The first kappa shape index (κ1) is 18.4. The normalized spacial score (nSPS) is 17.2. The number of nitriles is 1. The van der Waals surface area contributed by atoms with Gasteiger partial charge in [-0.3, -0.25) is 4.79 Å². The lowest BCUT2D eigenvalue weighted by Crippen LogP contribution is -2.27. The van der Waals surface area contributed by atoms with E-state index in [1.807, 2.05) is 6.07 Å². The molecule has 1 amide bonds. The number of hydrogen-bond donors (Lipinski definition) is 0. The van der Waals surface area contributed by atoms with Crippen molar-refractivity contribution in [1.29, 1.82) is 5.26 Å². The second kappa shape index (κ2) is 6.91. The number of alkyl halides is 3. The van der Waals surface area contributed by atoms with Gasteiger partial charge in [0, 0.05) is 25.1 Å². The molecule has 0 bridgehead atoms. The van der Waals surface area contributed by atoms with Gasteiger partial charge < -0.3 is 4.90 Å². The summed E-state index contributed by atoms with van der Waals surface area (Å²) in [6, 6.07) is 7.85. The maximum Gasteiger partial charge on any atom is 0.433 e. The second-order valence-electron chi connectivity index (χ2n) is 6.50. The molecule has 0 unspecified atom stereocenters. The van der Waals surface area contributed by atoms with Crippen molar-refractivity contribution in [3.63, 3.8) is 0 Å². The Morgan fingerprint density at radius 1 is 1.39 bits per heavy atom. The predicted molar refractivity (Wildman–Crippen MR) is 95.5 cm³/mol. The quantitative estimate of drug-likeness (QED) is 0.666. The number of carbonyl (C=O) groups excluding carboxylic acids is 1. The average Bonchev–Trinajstić information content (AvgIpc) is 3.38. The fraction of sp³-hybridized carbons (Fsp3) is 0.333. The van der Waals surface area contributed by atoms with Crippen molar-refractivity contribution in [2.75, 3.05) is 13.1 Å². The Balaban J connectivity index is 1.73. The minimum atomic E-state index is -4.58. The molecular formula is C18H14F3N5OS. The van der Waals surface area contributed by atoms with Gasteiger partial charge in [0.2, 0.25) is 5.91 Å². The Bertz CT molecular complexity index is 1070. The van der Waals surface area contributed by atoms with Crippen LogP contribution in [0.15, 0.2) is 29.6 Å². The van der Waals surface area contributed by atoms with Gasteiger partial charge in [0.15, 0.2) is 11.3 Å². The summed E-state index contributed by atoms with van der Waals surface area (Å²) < 4.78 is 41.7. The van der Waals surface area contributed by atoms with Crippen molar-refractivity contribution in [2.24, 2.45) is 0 Å². The molecule has 0 saturated carbocycles. The molecule has 4 heterocycles. The number of hydrogen-bond acceptors (Lipinski definition) is 5. The summed E-state index contributed by atoms with van der Waals surface area (Å²) in [5, 5.41) is 14.6. The van der Waals surface area contributed by atoms with E-state index in [2.05, 4.69) is 10.1 Å². The molecule has 1 fully saturated rings. The monoisotopic (exact) mass is 405 g/mol. The highest BCUT2D eigenvalue weighted by molar-refractivity contribution is 7.13. The zero-order valence-electron chi connectivity index (χ0n) is 14.5. The van der Waals surface area contributed by atoms with Crippen molar-refractivity contribution < 1.29 is 18.0 Å². The minimum absolute atomic E-state index is 0.120. The van der Waals surface area contributed by atoms with E-state index in [1.165, 1.54) is 11.3 Å². The highest BCUT2D eigenvalue weighted by Crippen LogP contribution is 2.35. The maximum absolute atomic E-state index is 13.6. The molecule has 1 atom stereocenters. The Morgan fingerprint density at radius 2 is 2.21 bits per heavy atom. The van der Waals surface area contributed by atoms with E-state index >= 15 is 0 Å². The van der Waals surface area contributed by atoms with E-state index in [-0.39, 0.29) is 29.6 Å². The van der Waals surface area contributed by atoms with Crippen molar-refractivity contribution in [1.82, 2.24) is 19.5 Å². The van der Waals surface area contributed by atoms with Crippen LogP contribution in [0.5, 0.6) is 0 Å². The number of thiophene rings is 1. The van der Waals surface area contributed by atoms with Crippen LogP contribution in [0.25, 0.3) is 16.2 Å². The molecule has 0 spiro atoms. The number of aromatic nitrogens is 3. The molecule has 10 heteroatoms. The highest BCUT2D eigenvalue weighted by Gasteiger charge is 2.36. The summed E-state index contributed by atoms with van der Waals surface area (Å²) in [4.78, 5) is 18.4. The maximum atomic E-state index is 13.6. The van der Waals surface area contributed by atoms with Gasteiger partial charge in [0.05, 0.1) is 22.3 Å². The Kier molecular flexibility index (Phi) is 4.55. The lowest BCUT2D eigenvalue weighted by atomic mass is 10.1. The molecule has 1 saturated heterocycles. The molecule has 6 nitrogen and oxygen atoms in total. The number of amides is 1. The van der Waals surface area contributed by atoms with Crippen LogP contribution < -0.4 is 0 Å². The first-order valence-corrected chi connectivity index (χ1v) is 9.41. The molecule has 0 N–H and O–H groups in total. The third kappa shape index (κ3) is 3.33. The minimum Gasteiger partial charge on any atom is -0.341 e. The molecule has 0 aromatic carbocycles. The number of halogens is 3. The zero-order chi connectivity index (χ0) is 19.9. The van der Waals surface area contributed by atoms with Gasteiger partial charge in [0.1, 0.15) is 6.42 Å². The molecular weight excluding hydrogens is 391 g/mol. The highest BCUT2D eigenvalue weighted by atomic mass is 32.1. The van der Waals surface area contributed by atoms with Gasteiger partial charge >= 0.3 is 6.18 Å². The average molecular weight is 405 g/mol. The predicted octanol–water partition coefficient (Wildman–Crippen LogP) is 3.71. The molecule has 3 aromatic heterocycles. The molecule has 0 aliphatic carbocycles. The fourth-order valence-electron chi connectivity index (χ4n) is 3.35. The fourth-order valence-corrected chi connectivity index (χ4v) is 4.04. The summed E-state index contributed by atoms with van der Waals surface area (Å²) in [5.74, 6) is -0.460. The third-order valence-corrected chi connectivity index (χ3v) is 5.59. The van der Waals surface area contributed by atoms with Crippen molar-refractivity contribution in [3.8, 4) is 16.6 Å². The molecule has 0 radical (unpaired) electrons. The van der Waals surface area contributed by atoms with Crippen LogP contribution in [0, 0.1) is 11.3 Å². The van der Waals surface area contributed by atoms with E-state index in [4.69, 9.17) is 5.26 Å². The van der Waals surface area contributed by atoms with Gasteiger partial charge in [0.25, 0.3) is 0 Å². The molecule has 3 aromatic rings. The molecule has 1 aliphatic heterocycles. The van der Waals surface area contributed by atoms with Gasteiger partial charge in [-0.2, -0.15) is 23.5 Å². The molecule has 144 valence electrons. The summed E-state index contributed by atoms with van der Waals surface area (Å²) in [6.07, 6.45) is -4.21. The van der Waals surface area contributed by atoms with Crippen LogP contribution in [-0.4, -0.2) is 38.5 Å². The van der Waals surface area contributed by atoms with E-state index < -0.39 is 11.9 Å². The topological polar surface area (TPSA) is 74.3 Å². The molecule has 1 aliphatic rings. The second-order valence-corrected chi connectivity index (χ2v) is 7.45. The van der Waals surface area contributed by atoms with Crippen molar-refractivity contribution in [3.05, 3.63) is 41.0 Å². The van der Waals surface area contributed by atoms with Crippen LogP contribution in [-0.2, 0) is 11.0 Å². The summed E-state index contributed by atoms with van der Waals surface area (Å²) in [7, 11) is 0. The van der Waals surface area contributed by atoms with E-state index in [9.17, 15) is 18.0 Å². The van der Waals surface area contributed by atoms with Gasteiger partial charge in [-0.15, -0.1) is 11.3 Å². The largest absolute Gasteiger partial charge is 0.433 e. The molecule has 28 heavy (non-hydrogen) atoms. The Labute approximate surface area is 161 Å².